The SMILES string of the molecule is C[O-].C[O-].Cc1[c-]c(C)[pH]c1.[Ti+4].c1ccc2[cH-]ccc2c1. The molecule has 0 saturated carbocycles. The van der Waals surface area contributed by atoms with Crippen LogP contribution in [-0.4, -0.2) is 14.2 Å². The van der Waals surface area contributed by atoms with Crippen LogP contribution in [-0.2, 0) is 21.7 Å². The first-order chi connectivity index (χ1) is 9.75. The largest absolute Gasteiger partial charge is 4.00 e. The van der Waals surface area contributed by atoms with Crippen molar-refractivity contribution in [3.8, 4) is 0 Å². The van der Waals surface area contributed by atoms with Gasteiger partial charge in [-0.25, -0.2) is 19.8 Å². The second-order valence-corrected chi connectivity index (χ2v) is 5.20. The van der Waals surface area contributed by atoms with Crippen molar-refractivity contribution in [3.05, 3.63) is 65.2 Å². The zero-order valence-corrected chi connectivity index (χ0v) is 15.5. The van der Waals surface area contributed by atoms with Crippen LogP contribution in [0.1, 0.15) is 10.9 Å². The predicted molar refractivity (Wildman–Crippen MR) is 85.6 cm³/mol. The summed E-state index contributed by atoms with van der Waals surface area (Å²) in [6.45, 7) is 4.20. The van der Waals surface area contributed by atoms with Gasteiger partial charge in [0.25, 0.3) is 0 Å². The number of aryl methyl sites for hydroxylation is 2. The molecule has 1 unspecified atom stereocenters. The first-order valence-corrected chi connectivity index (χ1v) is 7.29. The van der Waals surface area contributed by atoms with Gasteiger partial charge in [0.1, 0.15) is 0 Å². The zero-order chi connectivity index (χ0) is 15.4. The summed E-state index contributed by atoms with van der Waals surface area (Å²) in [7, 11) is 2.41. The van der Waals surface area contributed by atoms with E-state index in [0.29, 0.717) is 0 Å². The molecule has 0 N–H and O–H groups in total. The average molecular weight is 336 g/mol. The molecule has 1 heterocycles. The van der Waals surface area contributed by atoms with Crippen molar-refractivity contribution >= 4 is 19.0 Å². The maximum atomic E-state index is 8.25. The molecule has 2 aromatic carbocycles. The smallest absolute Gasteiger partial charge is 0.857 e. The molecule has 0 fully saturated rings. The second-order valence-electron chi connectivity index (χ2n) is 3.88. The molecule has 3 rings (SSSR count). The Morgan fingerprint density at radius 1 is 1.00 bits per heavy atom. The molecule has 0 amide bonds. The summed E-state index contributed by atoms with van der Waals surface area (Å²) in [5, 5.41) is 20.5. The van der Waals surface area contributed by atoms with Gasteiger partial charge in [-0.15, -0.1) is 34.9 Å². The molecule has 21 heavy (non-hydrogen) atoms. The first kappa shape index (κ1) is 22.5. The summed E-state index contributed by atoms with van der Waals surface area (Å²) in [6.07, 6.45) is 0. The van der Waals surface area contributed by atoms with Crippen molar-refractivity contribution in [2.75, 3.05) is 14.2 Å². The molecule has 0 aliphatic heterocycles. The van der Waals surface area contributed by atoms with Gasteiger partial charge in [-0.3, -0.25) is 0 Å². The van der Waals surface area contributed by atoms with Crippen molar-refractivity contribution in [2.24, 2.45) is 0 Å². The van der Waals surface area contributed by atoms with Gasteiger partial charge in [0.15, 0.2) is 0 Å². The average Bonchev–Trinajstić information content (AvgIpc) is 3.12. The minimum atomic E-state index is 0. The molecule has 0 aliphatic rings. The van der Waals surface area contributed by atoms with Crippen molar-refractivity contribution in [1.82, 2.24) is 0 Å². The van der Waals surface area contributed by atoms with Crippen LogP contribution < -0.4 is 10.2 Å². The van der Waals surface area contributed by atoms with E-state index in [1.54, 1.807) is 0 Å². The third-order valence-electron chi connectivity index (χ3n) is 2.44. The molecule has 110 valence electrons. The van der Waals surface area contributed by atoms with E-state index >= 15 is 0 Å². The fraction of sp³-hybridized carbons (Fsp3) is 0.235. The molecule has 0 radical (unpaired) electrons. The molecule has 3 aromatic rings. The van der Waals surface area contributed by atoms with E-state index < -0.39 is 0 Å². The van der Waals surface area contributed by atoms with Crippen molar-refractivity contribution < 1.29 is 31.9 Å². The summed E-state index contributed by atoms with van der Waals surface area (Å²) in [4.78, 5) is 0. The first-order valence-electron chi connectivity index (χ1n) is 6.22. The fourth-order valence-electron chi connectivity index (χ4n) is 1.65. The van der Waals surface area contributed by atoms with Gasteiger partial charge in [0.05, 0.1) is 0 Å². The van der Waals surface area contributed by atoms with Gasteiger partial charge in [0, 0.05) is 0 Å². The third kappa shape index (κ3) is 8.98. The Morgan fingerprint density at radius 3 is 2.05 bits per heavy atom. The zero-order valence-electron chi connectivity index (χ0n) is 12.9. The van der Waals surface area contributed by atoms with Crippen molar-refractivity contribution in [3.63, 3.8) is 0 Å². The van der Waals surface area contributed by atoms with Crippen LogP contribution in [0.25, 0.3) is 10.8 Å². The monoisotopic (exact) mass is 336 g/mol. The van der Waals surface area contributed by atoms with Gasteiger partial charge in [-0.1, -0.05) is 19.9 Å². The van der Waals surface area contributed by atoms with E-state index in [2.05, 4.69) is 68.2 Å². The standard InChI is InChI=1S/C9H7.C6H8P.2CH3O.Ti/c1-2-5-9-7-3-6-8(9)4-1;1-5-3-6(2)7-4-5;2*1-2;/h1-7H;4,7H,1-2H3;2*1H3;/q4*-1;+4. The topological polar surface area (TPSA) is 46.1 Å². The second kappa shape index (κ2) is 14.2. The minimum Gasteiger partial charge on any atom is -0.857 e. The molecule has 0 bridgehead atoms. The molecular weight excluding hydrogens is 315 g/mol. The number of hydrogen-bond acceptors (Lipinski definition) is 2. The van der Waals surface area contributed by atoms with Crippen molar-refractivity contribution in [1.29, 1.82) is 0 Å². The van der Waals surface area contributed by atoms with E-state index in [1.807, 2.05) is 0 Å². The molecule has 2 nitrogen and oxygen atoms in total. The summed E-state index contributed by atoms with van der Waals surface area (Å²) in [5.74, 6) is 2.22. The Balaban J connectivity index is 0. The predicted octanol–water partition coefficient (Wildman–Crippen LogP) is 2.64. The van der Waals surface area contributed by atoms with E-state index in [4.69, 9.17) is 10.2 Å². The summed E-state index contributed by atoms with van der Waals surface area (Å²) < 4.78 is 0. The third-order valence-corrected chi connectivity index (χ3v) is 3.57. The van der Waals surface area contributed by atoms with Crippen LogP contribution in [0.4, 0.5) is 0 Å². The van der Waals surface area contributed by atoms with Crippen LogP contribution in [0, 0.1) is 19.9 Å². The summed E-state index contributed by atoms with van der Waals surface area (Å²) in [6, 6.07) is 17.9. The maximum Gasteiger partial charge on any atom is 4.00 e. The Morgan fingerprint density at radius 2 is 1.62 bits per heavy atom. The number of benzene rings is 1. The van der Waals surface area contributed by atoms with E-state index in [-0.39, 0.29) is 21.7 Å². The molecule has 4 heteroatoms. The number of rotatable bonds is 0. The number of fused-ring (bicyclic) bond motifs is 1. The molecule has 1 aromatic heterocycles. The molecule has 0 aliphatic carbocycles. The van der Waals surface area contributed by atoms with Gasteiger partial charge >= 0.3 is 21.7 Å². The van der Waals surface area contributed by atoms with Gasteiger partial charge in [-0.2, -0.15) is 37.5 Å². The Labute approximate surface area is 144 Å². The quantitative estimate of drug-likeness (QED) is 0.468. The van der Waals surface area contributed by atoms with E-state index in [9.17, 15) is 0 Å². The van der Waals surface area contributed by atoms with Gasteiger partial charge in [0.2, 0.25) is 0 Å². The van der Waals surface area contributed by atoms with E-state index in [0.717, 1.165) is 22.4 Å². The van der Waals surface area contributed by atoms with Crippen LogP contribution in [0.2, 0.25) is 0 Å². The Hall–Kier alpha value is -0.756. The molecule has 0 saturated heterocycles. The molecule has 1 atom stereocenters. The maximum absolute atomic E-state index is 8.25. The summed E-state index contributed by atoms with van der Waals surface area (Å²) in [5.41, 5.74) is 1.30. The van der Waals surface area contributed by atoms with Gasteiger partial charge in [-0.05, 0) is 0 Å². The van der Waals surface area contributed by atoms with Crippen molar-refractivity contribution in [2.45, 2.75) is 13.8 Å². The van der Waals surface area contributed by atoms with Gasteiger partial charge < -0.3 is 10.2 Å². The van der Waals surface area contributed by atoms with Crippen LogP contribution in [0.15, 0.2) is 48.3 Å². The minimum absolute atomic E-state index is 0. The van der Waals surface area contributed by atoms with E-state index in [1.165, 1.54) is 21.6 Å². The molecular formula is C17H21O2PTi. The normalized spacial score (nSPS) is 8.48. The van der Waals surface area contributed by atoms with Crippen LogP contribution >= 0.6 is 8.19 Å². The molecule has 0 spiro atoms. The number of hydrogen-bond donors (Lipinski definition) is 0. The van der Waals surface area contributed by atoms with Crippen LogP contribution in [0.5, 0.6) is 0 Å². The Bertz CT molecular complexity index is 526. The van der Waals surface area contributed by atoms with Crippen LogP contribution in [0.3, 0.4) is 0 Å². The summed E-state index contributed by atoms with van der Waals surface area (Å²) >= 11 is 0. The fourth-order valence-corrected chi connectivity index (χ4v) is 2.43. The Kier molecular flexibility index (Phi) is 15.2.